The first-order valence-corrected chi connectivity index (χ1v) is 8.24. The Morgan fingerprint density at radius 3 is 2.60 bits per heavy atom. The van der Waals surface area contributed by atoms with Crippen LogP contribution < -0.4 is 10.6 Å². The predicted molar refractivity (Wildman–Crippen MR) is 79.7 cm³/mol. The fourth-order valence-electron chi connectivity index (χ4n) is 1.36. The molecule has 2 N–H and O–H groups in total. The van der Waals surface area contributed by atoms with Gasteiger partial charge in [-0.25, -0.2) is 8.42 Å². The van der Waals surface area contributed by atoms with Gasteiger partial charge in [0.05, 0.1) is 4.75 Å². The summed E-state index contributed by atoms with van der Waals surface area (Å²) in [5.41, 5.74) is 0.965. The zero-order valence-corrected chi connectivity index (χ0v) is 13.0. The van der Waals surface area contributed by atoms with E-state index in [0.717, 1.165) is 0 Å². The largest absolute Gasteiger partial charge is 0.383 e. The van der Waals surface area contributed by atoms with E-state index in [2.05, 4.69) is 15.6 Å². The number of nitrogens with zero attached hydrogens (tertiary/aromatic N) is 1. The van der Waals surface area contributed by atoms with Gasteiger partial charge in [-0.1, -0.05) is 0 Å². The molecular weight excluding hydrogens is 278 g/mol. The number of pyridine rings is 1. The first kappa shape index (κ1) is 16.4. The SMILES string of the molecule is CCNC(=O)c1cc(NCC(C)(C)S(C)(=O)=O)ccn1. The Bertz CT molecular complexity index is 582. The van der Waals surface area contributed by atoms with Gasteiger partial charge >= 0.3 is 0 Å². The lowest BCUT2D eigenvalue weighted by Gasteiger charge is -2.23. The van der Waals surface area contributed by atoms with Gasteiger partial charge in [0.25, 0.3) is 5.91 Å². The molecule has 20 heavy (non-hydrogen) atoms. The monoisotopic (exact) mass is 299 g/mol. The molecule has 0 radical (unpaired) electrons. The average Bonchev–Trinajstić information content (AvgIpc) is 2.36. The molecule has 1 heterocycles. The maximum absolute atomic E-state index is 11.7. The number of carbonyl (C=O) groups excluding carboxylic acids is 1. The van der Waals surface area contributed by atoms with Crippen molar-refractivity contribution in [3.05, 3.63) is 24.0 Å². The lowest BCUT2D eigenvalue weighted by Crippen LogP contribution is -2.38. The number of sulfone groups is 1. The number of aromatic nitrogens is 1. The minimum atomic E-state index is -3.16. The molecule has 0 bridgehead atoms. The van der Waals surface area contributed by atoms with Crippen molar-refractivity contribution in [3.8, 4) is 0 Å². The Kier molecular flexibility index (Phi) is 5.10. The average molecular weight is 299 g/mol. The summed E-state index contributed by atoms with van der Waals surface area (Å²) in [4.78, 5) is 15.6. The number of hydrogen-bond donors (Lipinski definition) is 2. The van der Waals surface area contributed by atoms with Gasteiger partial charge < -0.3 is 10.6 Å². The number of carbonyl (C=O) groups is 1. The van der Waals surface area contributed by atoms with E-state index in [1.165, 1.54) is 12.5 Å². The molecule has 0 fully saturated rings. The summed E-state index contributed by atoms with van der Waals surface area (Å²) in [5.74, 6) is -0.251. The molecule has 0 saturated carbocycles. The zero-order chi connectivity index (χ0) is 15.4. The van der Waals surface area contributed by atoms with Crippen molar-refractivity contribution >= 4 is 21.4 Å². The normalized spacial score (nSPS) is 12.0. The van der Waals surface area contributed by atoms with E-state index >= 15 is 0 Å². The molecule has 0 unspecified atom stereocenters. The molecule has 0 atom stereocenters. The van der Waals surface area contributed by atoms with Crippen molar-refractivity contribution in [2.24, 2.45) is 0 Å². The molecule has 0 aliphatic carbocycles. The van der Waals surface area contributed by atoms with Gasteiger partial charge in [-0.3, -0.25) is 9.78 Å². The third kappa shape index (κ3) is 4.19. The summed E-state index contributed by atoms with van der Waals surface area (Å²) < 4.78 is 22.3. The molecule has 1 rings (SSSR count). The van der Waals surface area contributed by atoms with E-state index < -0.39 is 14.6 Å². The molecule has 0 aromatic carbocycles. The summed E-state index contributed by atoms with van der Waals surface area (Å²) in [6.45, 7) is 5.92. The van der Waals surface area contributed by atoms with Gasteiger partial charge in [0, 0.05) is 31.2 Å². The maximum Gasteiger partial charge on any atom is 0.269 e. The van der Waals surface area contributed by atoms with Crippen LogP contribution in [0.3, 0.4) is 0 Å². The van der Waals surface area contributed by atoms with Crippen LogP contribution in [0.4, 0.5) is 5.69 Å². The van der Waals surface area contributed by atoms with Crippen LogP contribution in [0, 0.1) is 0 Å². The van der Waals surface area contributed by atoms with Crippen LogP contribution >= 0.6 is 0 Å². The highest BCUT2D eigenvalue weighted by Gasteiger charge is 2.29. The van der Waals surface area contributed by atoms with E-state index in [-0.39, 0.29) is 12.5 Å². The van der Waals surface area contributed by atoms with Crippen LogP contribution in [0.25, 0.3) is 0 Å². The summed E-state index contributed by atoms with van der Waals surface area (Å²) >= 11 is 0. The fraction of sp³-hybridized carbons (Fsp3) is 0.538. The third-order valence-electron chi connectivity index (χ3n) is 3.05. The number of rotatable bonds is 6. The third-order valence-corrected chi connectivity index (χ3v) is 5.20. The Hall–Kier alpha value is -1.63. The van der Waals surface area contributed by atoms with Crippen molar-refractivity contribution in [3.63, 3.8) is 0 Å². The minimum absolute atomic E-state index is 0.251. The Labute approximate surface area is 119 Å². The number of amides is 1. The summed E-state index contributed by atoms with van der Waals surface area (Å²) in [5, 5.41) is 5.69. The van der Waals surface area contributed by atoms with E-state index in [1.807, 2.05) is 6.92 Å². The van der Waals surface area contributed by atoms with Crippen molar-refractivity contribution in [2.75, 3.05) is 24.7 Å². The van der Waals surface area contributed by atoms with E-state index in [4.69, 9.17) is 0 Å². The molecule has 0 aliphatic heterocycles. The van der Waals surface area contributed by atoms with Crippen molar-refractivity contribution < 1.29 is 13.2 Å². The Morgan fingerprint density at radius 2 is 2.05 bits per heavy atom. The molecule has 0 saturated heterocycles. The van der Waals surface area contributed by atoms with Crippen molar-refractivity contribution in [2.45, 2.75) is 25.5 Å². The Morgan fingerprint density at radius 1 is 1.40 bits per heavy atom. The van der Waals surface area contributed by atoms with Crippen molar-refractivity contribution in [1.29, 1.82) is 0 Å². The molecule has 0 spiro atoms. The van der Waals surface area contributed by atoms with Crippen LogP contribution in [-0.2, 0) is 9.84 Å². The lowest BCUT2D eigenvalue weighted by molar-refractivity contribution is 0.0951. The number of hydrogen-bond acceptors (Lipinski definition) is 5. The topological polar surface area (TPSA) is 88.2 Å². The number of anilines is 1. The maximum atomic E-state index is 11.7. The van der Waals surface area contributed by atoms with Gasteiger partial charge in [0.2, 0.25) is 0 Å². The van der Waals surface area contributed by atoms with Crippen LogP contribution in [0.15, 0.2) is 18.3 Å². The second kappa shape index (κ2) is 6.21. The smallest absolute Gasteiger partial charge is 0.269 e. The first-order chi connectivity index (χ1) is 9.17. The standard InChI is InChI=1S/C13H21N3O3S/c1-5-14-12(17)11-8-10(6-7-15-11)16-9-13(2,3)20(4,18)19/h6-8H,5,9H2,1-4H3,(H,14,17)(H,15,16). The molecule has 7 heteroatoms. The van der Waals surface area contributed by atoms with Gasteiger partial charge in [0.15, 0.2) is 9.84 Å². The van der Waals surface area contributed by atoms with E-state index in [1.54, 1.807) is 26.0 Å². The van der Waals surface area contributed by atoms with Gasteiger partial charge in [-0.15, -0.1) is 0 Å². The molecule has 1 aromatic heterocycles. The van der Waals surface area contributed by atoms with Crippen LogP contribution in [-0.4, -0.2) is 43.4 Å². The first-order valence-electron chi connectivity index (χ1n) is 6.35. The predicted octanol–water partition coefficient (Wildman–Crippen LogP) is 1.07. The molecule has 1 aromatic rings. The van der Waals surface area contributed by atoms with Crippen molar-refractivity contribution in [1.82, 2.24) is 10.3 Å². The molecule has 1 amide bonds. The van der Waals surface area contributed by atoms with E-state index in [0.29, 0.717) is 17.9 Å². The summed E-state index contributed by atoms with van der Waals surface area (Å²) in [6.07, 6.45) is 2.72. The van der Waals surface area contributed by atoms with Crippen LogP contribution in [0.2, 0.25) is 0 Å². The zero-order valence-electron chi connectivity index (χ0n) is 12.2. The van der Waals surface area contributed by atoms with Crippen LogP contribution in [0.1, 0.15) is 31.3 Å². The second-order valence-corrected chi connectivity index (χ2v) is 7.82. The van der Waals surface area contributed by atoms with Gasteiger partial charge in [-0.2, -0.15) is 0 Å². The highest BCUT2D eigenvalue weighted by Crippen LogP contribution is 2.17. The minimum Gasteiger partial charge on any atom is -0.383 e. The Balaban J connectivity index is 2.80. The highest BCUT2D eigenvalue weighted by atomic mass is 32.2. The molecule has 6 nitrogen and oxygen atoms in total. The quantitative estimate of drug-likeness (QED) is 0.820. The van der Waals surface area contributed by atoms with Gasteiger partial charge in [0.1, 0.15) is 5.69 Å². The molecular formula is C13H21N3O3S. The summed E-state index contributed by atoms with van der Waals surface area (Å²) in [7, 11) is -3.16. The fourth-order valence-corrected chi connectivity index (χ4v) is 1.70. The molecule has 112 valence electrons. The highest BCUT2D eigenvalue weighted by molar-refractivity contribution is 7.92. The number of nitrogens with one attached hydrogen (secondary N) is 2. The van der Waals surface area contributed by atoms with Crippen LogP contribution in [0.5, 0.6) is 0 Å². The summed E-state index contributed by atoms with van der Waals surface area (Å²) in [6, 6.07) is 3.30. The lowest BCUT2D eigenvalue weighted by atomic mass is 10.2. The molecule has 0 aliphatic rings. The van der Waals surface area contributed by atoms with Gasteiger partial charge in [-0.05, 0) is 32.9 Å². The van der Waals surface area contributed by atoms with E-state index in [9.17, 15) is 13.2 Å². The second-order valence-electron chi connectivity index (χ2n) is 5.17.